The fourth-order valence-corrected chi connectivity index (χ4v) is 3.24. The Morgan fingerprint density at radius 3 is 2.91 bits per heavy atom. The minimum atomic E-state index is 0.613. The van der Waals surface area contributed by atoms with Crippen molar-refractivity contribution in [1.29, 1.82) is 5.26 Å². The zero-order valence-electron chi connectivity index (χ0n) is 12.7. The van der Waals surface area contributed by atoms with Gasteiger partial charge in [-0.25, -0.2) is 4.68 Å². The zero-order valence-corrected chi connectivity index (χ0v) is 12.7. The van der Waals surface area contributed by atoms with Gasteiger partial charge in [0.25, 0.3) is 0 Å². The number of aryl methyl sites for hydroxylation is 2. The first-order valence-corrected chi connectivity index (χ1v) is 7.83. The average Bonchev–Trinajstić information content (AvgIpc) is 3.23. The van der Waals surface area contributed by atoms with Crippen LogP contribution in [-0.2, 0) is 19.4 Å². The Kier molecular flexibility index (Phi) is 3.39. The van der Waals surface area contributed by atoms with Crippen LogP contribution in [0.1, 0.15) is 28.7 Å². The highest BCUT2D eigenvalue weighted by molar-refractivity contribution is 5.61. The summed E-state index contributed by atoms with van der Waals surface area (Å²) < 4.78 is 1.90. The lowest BCUT2D eigenvalue weighted by Gasteiger charge is -2.08. The van der Waals surface area contributed by atoms with Crippen molar-refractivity contribution in [2.24, 2.45) is 0 Å². The van der Waals surface area contributed by atoms with Gasteiger partial charge in [0, 0.05) is 5.56 Å². The van der Waals surface area contributed by atoms with Gasteiger partial charge in [0.1, 0.15) is 0 Å². The molecule has 1 aromatic heterocycles. The van der Waals surface area contributed by atoms with Crippen LogP contribution >= 0.6 is 0 Å². The first-order valence-electron chi connectivity index (χ1n) is 7.83. The Balaban J connectivity index is 1.67. The number of hydrogen-bond acceptors (Lipinski definition) is 3. The van der Waals surface area contributed by atoms with Crippen molar-refractivity contribution in [2.45, 2.75) is 25.8 Å². The zero-order chi connectivity index (χ0) is 15.6. The van der Waals surface area contributed by atoms with Crippen LogP contribution in [0.15, 0.2) is 48.7 Å². The lowest BCUT2D eigenvalue weighted by molar-refractivity contribution is 0.655. The molecule has 0 saturated carbocycles. The highest BCUT2D eigenvalue weighted by Gasteiger charge is 2.14. The Labute approximate surface area is 135 Å². The number of nitriles is 1. The summed E-state index contributed by atoms with van der Waals surface area (Å²) in [7, 11) is 0. The third-order valence-electron chi connectivity index (χ3n) is 4.40. The molecule has 1 aliphatic carbocycles. The highest BCUT2D eigenvalue weighted by Crippen LogP contribution is 2.27. The van der Waals surface area contributed by atoms with E-state index < -0.39 is 0 Å². The van der Waals surface area contributed by atoms with Gasteiger partial charge in [-0.1, -0.05) is 29.5 Å². The third kappa shape index (κ3) is 2.62. The number of aromatic nitrogens is 3. The first-order chi connectivity index (χ1) is 11.3. The van der Waals surface area contributed by atoms with Crippen molar-refractivity contribution < 1.29 is 0 Å². The van der Waals surface area contributed by atoms with Crippen molar-refractivity contribution in [3.63, 3.8) is 0 Å². The van der Waals surface area contributed by atoms with Gasteiger partial charge in [-0.3, -0.25) is 0 Å². The lowest BCUT2D eigenvalue weighted by atomic mass is 10.0. The van der Waals surface area contributed by atoms with Crippen LogP contribution in [0.5, 0.6) is 0 Å². The van der Waals surface area contributed by atoms with E-state index in [1.807, 2.05) is 35.1 Å². The predicted molar refractivity (Wildman–Crippen MR) is 87.7 cm³/mol. The molecule has 0 fully saturated rings. The van der Waals surface area contributed by atoms with Crippen molar-refractivity contribution in [2.75, 3.05) is 0 Å². The molecular weight excluding hydrogens is 284 g/mol. The quantitative estimate of drug-likeness (QED) is 0.745. The number of nitrogens with zero attached hydrogens (tertiary/aromatic N) is 4. The van der Waals surface area contributed by atoms with Crippen molar-refractivity contribution >= 4 is 0 Å². The number of rotatable bonds is 3. The smallest absolute Gasteiger partial charge is 0.0991 e. The molecule has 0 atom stereocenters. The Hall–Kier alpha value is -2.93. The molecule has 0 unspecified atom stereocenters. The van der Waals surface area contributed by atoms with E-state index in [1.54, 1.807) is 0 Å². The minimum absolute atomic E-state index is 0.613. The van der Waals surface area contributed by atoms with Crippen LogP contribution in [0.3, 0.4) is 0 Å². The molecule has 0 amide bonds. The van der Waals surface area contributed by atoms with E-state index in [9.17, 15) is 0 Å². The summed E-state index contributed by atoms with van der Waals surface area (Å²) in [5.74, 6) is 0. The second kappa shape index (κ2) is 5.69. The molecule has 23 heavy (non-hydrogen) atoms. The monoisotopic (exact) mass is 300 g/mol. The van der Waals surface area contributed by atoms with Gasteiger partial charge < -0.3 is 0 Å². The molecule has 1 aliphatic rings. The number of hydrogen-bond donors (Lipinski definition) is 0. The molecule has 4 heteroatoms. The van der Waals surface area contributed by atoms with Crippen LogP contribution in [0.4, 0.5) is 0 Å². The van der Waals surface area contributed by atoms with Crippen LogP contribution in [-0.4, -0.2) is 15.0 Å². The van der Waals surface area contributed by atoms with Crippen molar-refractivity contribution in [1.82, 2.24) is 15.0 Å². The predicted octanol–water partition coefficient (Wildman–Crippen LogP) is 3.35. The van der Waals surface area contributed by atoms with E-state index in [1.165, 1.54) is 24.0 Å². The summed E-state index contributed by atoms with van der Waals surface area (Å²) in [5, 5.41) is 17.3. The summed E-state index contributed by atoms with van der Waals surface area (Å²) >= 11 is 0. The molecule has 0 N–H and O–H groups in total. The SMILES string of the molecule is N#Cc1cccc(Cn2nncc2-c2ccc3c(c2)CCC3)c1. The van der Waals surface area contributed by atoms with Crippen LogP contribution in [0.2, 0.25) is 0 Å². The summed E-state index contributed by atoms with van der Waals surface area (Å²) in [4.78, 5) is 0. The molecular formula is C19H16N4. The van der Waals surface area contributed by atoms with Gasteiger partial charge in [0.05, 0.1) is 30.1 Å². The van der Waals surface area contributed by atoms with Gasteiger partial charge >= 0.3 is 0 Å². The molecule has 0 spiro atoms. The summed E-state index contributed by atoms with van der Waals surface area (Å²) in [6, 6.07) is 16.4. The standard InChI is InChI=1S/C19H16N4/c20-11-14-3-1-4-15(9-14)13-23-19(12-21-22-23)18-8-7-16-5-2-6-17(16)10-18/h1,3-4,7-10,12H,2,5-6,13H2. The highest BCUT2D eigenvalue weighted by atomic mass is 15.4. The molecule has 0 saturated heterocycles. The molecule has 4 rings (SSSR count). The second-order valence-corrected chi connectivity index (χ2v) is 5.93. The summed E-state index contributed by atoms with van der Waals surface area (Å²) in [6.07, 6.45) is 5.41. The van der Waals surface area contributed by atoms with Gasteiger partial charge in [0.2, 0.25) is 0 Å². The fourth-order valence-electron chi connectivity index (χ4n) is 3.24. The van der Waals surface area contributed by atoms with E-state index in [2.05, 4.69) is 34.6 Å². The van der Waals surface area contributed by atoms with Crippen molar-refractivity contribution in [3.05, 3.63) is 70.9 Å². The maximum atomic E-state index is 9.03. The third-order valence-corrected chi connectivity index (χ3v) is 4.40. The van der Waals surface area contributed by atoms with Gasteiger partial charge in [-0.05, 0) is 54.2 Å². The number of benzene rings is 2. The summed E-state index contributed by atoms with van der Waals surface area (Å²) in [5.41, 5.74) is 6.81. The Bertz CT molecular complexity index is 902. The topological polar surface area (TPSA) is 54.5 Å². The van der Waals surface area contributed by atoms with Crippen LogP contribution < -0.4 is 0 Å². The normalized spacial score (nSPS) is 12.8. The fraction of sp³-hybridized carbons (Fsp3) is 0.211. The molecule has 0 aliphatic heterocycles. The van der Waals surface area contributed by atoms with Gasteiger partial charge in [-0.15, -0.1) is 5.10 Å². The molecule has 1 heterocycles. The van der Waals surface area contributed by atoms with E-state index >= 15 is 0 Å². The molecule has 3 aromatic rings. The molecule has 0 bridgehead atoms. The summed E-state index contributed by atoms with van der Waals surface area (Å²) in [6.45, 7) is 0.613. The van der Waals surface area contributed by atoms with Crippen LogP contribution in [0.25, 0.3) is 11.3 Å². The van der Waals surface area contributed by atoms with Gasteiger partial charge in [-0.2, -0.15) is 5.26 Å². The van der Waals surface area contributed by atoms with E-state index in [0.717, 1.165) is 23.2 Å². The first kappa shape index (κ1) is 13.7. The molecule has 112 valence electrons. The van der Waals surface area contributed by atoms with Crippen LogP contribution in [0, 0.1) is 11.3 Å². The van der Waals surface area contributed by atoms with Gasteiger partial charge in [0.15, 0.2) is 0 Å². The average molecular weight is 300 g/mol. The van der Waals surface area contributed by atoms with Crippen molar-refractivity contribution in [3.8, 4) is 17.3 Å². The largest absolute Gasteiger partial charge is 0.240 e. The minimum Gasteiger partial charge on any atom is -0.240 e. The maximum Gasteiger partial charge on any atom is 0.0991 e. The second-order valence-electron chi connectivity index (χ2n) is 5.93. The lowest BCUT2D eigenvalue weighted by Crippen LogP contribution is -2.04. The van der Waals surface area contributed by atoms with E-state index in [0.29, 0.717) is 12.1 Å². The van der Waals surface area contributed by atoms with E-state index in [4.69, 9.17) is 5.26 Å². The molecule has 0 radical (unpaired) electrons. The Morgan fingerprint density at radius 2 is 2.00 bits per heavy atom. The number of fused-ring (bicyclic) bond motifs is 1. The maximum absolute atomic E-state index is 9.03. The molecule has 4 nitrogen and oxygen atoms in total. The molecule has 2 aromatic carbocycles. The van der Waals surface area contributed by atoms with E-state index in [-0.39, 0.29) is 0 Å². The Morgan fingerprint density at radius 1 is 1.09 bits per heavy atom.